The molecule has 0 spiro atoms. The molecule has 0 atom stereocenters. The molecule has 0 unspecified atom stereocenters. The van der Waals surface area contributed by atoms with Gasteiger partial charge in [-0.25, -0.2) is 0 Å². The molecule has 7 heteroatoms. The van der Waals surface area contributed by atoms with Crippen LogP contribution >= 0.6 is 27.3 Å². The molecule has 1 aliphatic rings. The largest absolute Gasteiger partial charge is 0.486 e. The third-order valence-electron chi connectivity index (χ3n) is 3.93. The standard InChI is InChI=1S/C18H15BrN2O3S/c1-2-21-13-9-14-15(24-7-6-23-14)10-16(13)25-18(21)20-17(22)11-4-3-5-12(19)8-11/h3-5,8-10H,2,6-7H2,1H3. The lowest BCUT2D eigenvalue weighted by Gasteiger charge is -2.18. The first-order chi connectivity index (χ1) is 12.2. The lowest BCUT2D eigenvalue weighted by molar-refractivity contribution is 0.0998. The van der Waals surface area contributed by atoms with Gasteiger partial charge in [0.05, 0.1) is 10.2 Å². The number of fused-ring (bicyclic) bond motifs is 2. The number of amides is 1. The molecule has 2 heterocycles. The van der Waals surface area contributed by atoms with Gasteiger partial charge in [-0.05, 0) is 25.1 Å². The normalized spacial score (nSPS) is 14.1. The molecule has 4 rings (SSSR count). The molecule has 0 aliphatic carbocycles. The summed E-state index contributed by atoms with van der Waals surface area (Å²) in [5.41, 5.74) is 1.55. The fourth-order valence-electron chi connectivity index (χ4n) is 2.77. The maximum absolute atomic E-state index is 12.5. The van der Waals surface area contributed by atoms with Crippen LogP contribution in [0.1, 0.15) is 17.3 Å². The first-order valence-corrected chi connectivity index (χ1v) is 9.54. The highest BCUT2D eigenvalue weighted by molar-refractivity contribution is 9.10. The fraction of sp³-hybridized carbons (Fsp3) is 0.222. The number of rotatable bonds is 2. The van der Waals surface area contributed by atoms with Crippen molar-refractivity contribution in [3.63, 3.8) is 0 Å². The van der Waals surface area contributed by atoms with Crippen LogP contribution in [0.15, 0.2) is 45.9 Å². The van der Waals surface area contributed by atoms with Gasteiger partial charge < -0.3 is 14.0 Å². The maximum Gasteiger partial charge on any atom is 0.279 e. The maximum atomic E-state index is 12.5. The van der Waals surface area contributed by atoms with Crippen molar-refractivity contribution in [1.82, 2.24) is 4.57 Å². The highest BCUT2D eigenvalue weighted by Gasteiger charge is 2.16. The van der Waals surface area contributed by atoms with E-state index >= 15 is 0 Å². The van der Waals surface area contributed by atoms with Crippen LogP contribution in [0, 0.1) is 0 Å². The van der Waals surface area contributed by atoms with Gasteiger partial charge >= 0.3 is 0 Å². The molecule has 0 saturated carbocycles. The number of halogens is 1. The van der Waals surface area contributed by atoms with Crippen molar-refractivity contribution in [3.05, 3.63) is 51.2 Å². The van der Waals surface area contributed by atoms with Crippen molar-refractivity contribution in [2.45, 2.75) is 13.5 Å². The van der Waals surface area contributed by atoms with E-state index in [0.717, 1.165) is 26.2 Å². The van der Waals surface area contributed by atoms with Crippen LogP contribution in [0.2, 0.25) is 0 Å². The van der Waals surface area contributed by atoms with Crippen molar-refractivity contribution in [3.8, 4) is 11.5 Å². The van der Waals surface area contributed by atoms with Gasteiger partial charge in [0.15, 0.2) is 16.3 Å². The lowest BCUT2D eigenvalue weighted by atomic mass is 10.2. The van der Waals surface area contributed by atoms with Crippen LogP contribution < -0.4 is 14.3 Å². The first kappa shape index (κ1) is 16.4. The van der Waals surface area contributed by atoms with E-state index in [0.29, 0.717) is 30.1 Å². The van der Waals surface area contributed by atoms with E-state index in [-0.39, 0.29) is 5.91 Å². The molecule has 2 aromatic carbocycles. The van der Waals surface area contributed by atoms with Crippen LogP contribution in [0.3, 0.4) is 0 Å². The average Bonchev–Trinajstić information content (AvgIpc) is 2.95. The first-order valence-electron chi connectivity index (χ1n) is 7.93. The second-order valence-corrected chi connectivity index (χ2v) is 7.44. The van der Waals surface area contributed by atoms with Crippen LogP contribution in [-0.2, 0) is 6.54 Å². The second-order valence-electron chi connectivity index (χ2n) is 5.52. The molecule has 0 bridgehead atoms. The Morgan fingerprint density at radius 2 is 2.00 bits per heavy atom. The molecule has 25 heavy (non-hydrogen) atoms. The third kappa shape index (κ3) is 3.09. The van der Waals surface area contributed by atoms with Crippen molar-refractivity contribution in [2.24, 2.45) is 4.99 Å². The Labute approximate surface area is 156 Å². The number of hydrogen-bond acceptors (Lipinski definition) is 4. The third-order valence-corrected chi connectivity index (χ3v) is 5.47. The number of ether oxygens (including phenoxy) is 2. The molecule has 3 aromatic rings. The summed E-state index contributed by atoms with van der Waals surface area (Å²) < 4.78 is 15.2. The van der Waals surface area contributed by atoms with Crippen LogP contribution in [0.4, 0.5) is 0 Å². The quantitative estimate of drug-likeness (QED) is 0.631. The monoisotopic (exact) mass is 418 g/mol. The summed E-state index contributed by atoms with van der Waals surface area (Å²) in [5, 5.41) is 0. The minimum Gasteiger partial charge on any atom is -0.486 e. The van der Waals surface area contributed by atoms with Crippen molar-refractivity contribution in [1.29, 1.82) is 0 Å². The predicted octanol–water partition coefficient (Wildman–Crippen LogP) is 4.00. The summed E-state index contributed by atoms with van der Waals surface area (Å²) in [6.07, 6.45) is 0. The number of carbonyl (C=O) groups is 1. The van der Waals surface area contributed by atoms with Crippen molar-refractivity contribution in [2.75, 3.05) is 13.2 Å². The summed E-state index contributed by atoms with van der Waals surface area (Å²) >= 11 is 4.86. The number of hydrogen-bond donors (Lipinski definition) is 0. The molecule has 0 fully saturated rings. The van der Waals surface area contributed by atoms with E-state index in [1.165, 1.54) is 11.3 Å². The zero-order chi connectivity index (χ0) is 17.4. The number of carbonyl (C=O) groups excluding carboxylic acids is 1. The predicted molar refractivity (Wildman–Crippen MR) is 101 cm³/mol. The Morgan fingerprint density at radius 3 is 2.72 bits per heavy atom. The van der Waals surface area contributed by atoms with Gasteiger partial charge in [0.1, 0.15) is 13.2 Å². The second kappa shape index (κ2) is 6.65. The summed E-state index contributed by atoms with van der Waals surface area (Å²) in [6, 6.07) is 11.2. The molecular formula is C18H15BrN2O3S. The highest BCUT2D eigenvalue weighted by Crippen LogP contribution is 2.35. The van der Waals surface area contributed by atoms with Gasteiger partial charge in [-0.1, -0.05) is 33.3 Å². The topological polar surface area (TPSA) is 52.8 Å². The summed E-state index contributed by atoms with van der Waals surface area (Å²) in [7, 11) is 0. The minimum atomic E-state index is -0.257. The van der Waals surface area contributed by atoms with Crippen molar-refractivity contribution < 1.29 is 14.3 Å². The Bertz CT molecular complexity index is 1040. The number of aromatic nitrogens is 1. The SMILES string of the molecule is CCn1c(=NC(=O)c2cccc(Br)c2)sc2cc3c(cc21)OCCO3. The van der Waals surface area contributed by atoms with E-state index in [1.807, 2.05) is 35.8 Å². The summed E-state index contributed by atoms with van der Waals surface area (Å²) in [4.78, 5) is 17.5. The Morgan fingerprint density at radius 1 is 1.24 bits per heavy atom. The molecule has 1 aliphatic heterocycles. The molecule has 1 aromatic heterocycles. The molecule has 5 nitrogen and oxygen atoms in total. The van der Waals surface area contributed by atoms with Crippen molar-refractivity contribution >= 4 is 43.4 Å². The Hall–Kier alpha value is -2.12. The lowest BCUT2D eigenvalue weighted by Crippen LogP contribution is -2.17. The summed E-state index contributed by atoms with van der Waals surface area (Å²) in [6.45, 7) is 3.85. The number of nitrogens with zero attached hydrogens (tertiary/aromatic N) is 2. The van der Waals surface area contributed by atoms with Gasteiger partial charge in [-0.15, -0.1) is 0 Å². The molecular weight excluding hydrogens is 404 g/mol. The fourth-order valence-corrected chi connectivity index (χ4v) is 4.27. The van der Waals surface area contributed by atoms with E-state index in [2.05, 4.69) is 20.9 Å². The number of benzene rings is 2. The van der Waals surface area contributed by atoms with E-state index in [9.17, 15) is 4.79 Å². The van der Waals surface area contributed by atoms with Gasteiger partial charge in [-0.3, -0.25) is 4.79 Å². The molecule has 0 saturated heterocycles. The Kier molecular flexibility index (Phi) is 4.35. The molecule has 128 valence electrons. The van der Waals surface area contributed by atoms with Gasteiger partial charge in [0.2, 0.25) is 0 Å². The zero-order valence-corrected chi connectivity index (χ0v) is 15.9. The van der Waals surface area contributed by atoms with Gasteiger partial charge in [-0.2, -0.15) is 4.99 Å². The molecule has 0 N–H and O–H groups in total. The molecule has 1 amide bonds. The molecule has 0 radical (unpaired) electrons. The van der Waals surface area contributed by atoms with Gasteiger partial charge in [0, 0.05) is 28.7 Å². The number of aryl methyl sites for hydroxylation is 1. The highest BCUT2D eigenvalue weighted by atomic mass is 79.9. The van der Waals surface area contributed by atoms with Crippen LogP contribution in [0.5, 0.6) is 11.5 Å². The van der Waals surface area contributed by atoms with E-state index in [4.69, 9.17) is 9.47 Å². The smallest absolute Gasteiger partial charge is 0.279 e. The zero-order valence-electron chi connectivity index (χ0n) is 13.5. The average molecular weight is 419 g/mol. The minimum absolute atomic E-state index is 0.257. The van der Waals surface area contributed by atoms with Crippen LogP contribution in [-0.4, -0.2) is 23.7 Å². The Balaban J connectivity index is 1.85. The van der Waals surface area contributed by atoms with Gasteiger partial charge in [0.25, 0.3) is 5.91 Å². The number of thiazole rings is 1. The summed E-state index contributed by atoms with van der Waals surface area (Å²) in [5.74, 6) is 1.23. The van der Waals surface area contributed by atoms with E-state index in [1.54, 1.807) is 12.1 Å². The van der Waals surface area contributed by atoms with E-state index < -0.39 is 0 Å². The van der Waals surface area contributed by atoms with Crippen LogP contribution in [0.25, 0.3) is 10.2 Å².